The molecular weight excluding hydrogens is 197 g/mol. The van der Waals surface area contributed by atoms with E-state index in [2.05, 4.69) is 0 Å². The quantitative estimate of drug-likeness (QED) is 0.561. The van der Waals surface area contributed by atoms with E-state index in [1.807, 2.05) is 0 Å². The third kappa shape index (κ3) is 9.70. The first-order chi connectivity index (χ1) is 5.21. The summed E-state index contributed by atoms with van der Waals surface area (Å²) < 4.78 is 62.6. The van der Waals surface area contributed by atoms with E-state index in [0.29, 0.717) is 0 Å². The van der Waals surface area contributed by atoms with Crippen LogP contribution in [0.3, 0.4) is 0 Å². The van der Waals surface area contributed by atoms with Crippen LogP contribution in [-0.2, 0) is 10.1 Å². The van der Waals surface area contributed by atoms with Crippen LogP contribution in [-0.4, -0.2) is 24.9 Å². The molecular formula is C5H9F3O3S. The van der Waals surface area contributed by atoms with E-state index >= 15 is 0 Å². The van der Waals surface area contributed by atoms with Gasteiger partial charge in [0.2, 0.25) is 0 Å². The number of halogens is 3. The molecule has 0 saturated heterocycles. The van der Waals surface area contributed by atoms with E-state index in [1.165, 1.54) is 0 Å². The van der Waals surface area contributed by atoms with E-state index in [-0.39, 0.29) is 12.8 Å². The molecule has 0 radical (unpaired) electrons. The number of rotatable bonds is 4. The van der Waals surface area contributed by atoms with Gasteiger partial charge in [0.05, 0.1) is 5.75 Å². The Bertz CT molecular complexity index is 219. The minimum Gasteiger partial charge on any atom is -0.286 e. The number of hydrogen-bond donors (Lipinski definition) is 1. The Kier molecular flexibility index (Phi) is 3.98. The molecule has 3 nitrogen and oxygen atoms in total. The summed E-state index contributed by atoms with van der Waals surface area (Å²) in [6.07, 6.45) is -5.70. The average Bonchev–Trinajstić information content (AvgIpc) is 1.76. The SMILES string of the molecule is O=S(=O)(O)CCCCC(F)(F)F. The fourth-order valence-corrected chi connectivity index (χ4v) is 1.18. The molecule has 0 saturated carbocycles. The zero-order valence-electron chi connectivity index (χ0n) is 6.13. The van der Waals surface area contributed by atoms with Gasteiger partial charge in [-0.05, 0) is 12.8 Å². The van der Waals surface area contributed by atoms with Gasteiger partial charge in [0.25, 0.3) is 10.1 Å². The standard InChI is InChI=1S/C5H9F3O3S/c6-5(7,8)3-1-2-4-12(9,10)11/h1-4H2,(H,9,10,11). The Morgan fingerprint density at radius 2 is 1.67 bits per heavy atom. The topological polar surface area (TPSA) is 54.4 Å². The van der Waals surface area contributed by atoms with Crippen molar-refractivity contribution >= 4 is 10.1 Å². The first kappa shape index (κ1) is 11.7. The Morgan fingerprint density at radius 1 is 1.17 bits per heavy atom. The summed E-state index contributed by atoms with van der Waals surface area (Å²) >= 11 is 0. The van der Waals surface area contributed by atoms with E-state index in [0.717, 1.165) is 0 Å². The van der Waals surface area contributed by atoms with E-state index in [4.69, 9.17) is 4.55 Å². The van der Waals surface area contributed by atoms with E-state index in [1.54, 1.807) is 0 Å². The molecule has 7 heteroatoms. The highest BCUT2D eigenvalue weighted by molar-refractivity contribution is 7.85. The average molecular weight is 206 g/mol. The van der Waals surface area contributed by atoms with Crippen molar-refractivity contribution in [1.29, 1.82) is 0 Å². The van der Waals surface area contributed by atoms with Gasteiger partial charge < -0.3 is 0 Å². The molecule has 0 heterocycles. The van der Waals surface area contributed by atoms with Crippen LogP contribution in [0, 0.1) is 0 Å². The van der Waals surface area contributed by atoms with Crippen LogP contribution >= 0.6 is 0 Å². The van der Waals surface area contributed by atoms with Crippen LogP contribution in [0.15, 0.2) is 0 Å². The lowest BCUT2D eigenvalue weighted by Gasteiger charge is -2.04. The van der Waals surface area contributed by atoms with Crippen LogP contribution in [0.4, 0.5) is 13.2 Å². The largest absolute Gasteiger partial charge is 0.389 e. The monoisotopic (exact) mass is 206 g/mol. The maximum Gasteiger partial charge on any atom is 0.389 e. The maximum absolute atomic E-state index is 11.5. The molecule has 12 heavy (non-hydrogen) atoms. The molecule has 0 rings (SSSR count). The fraction of sp³-hybridized carbons (Fsp3) is 1.00. The molecule has 0 spiro atoms. The highest BCUT2D eigenvalue weighted by Gasteiger charge is 2.26. The van der Waals surface area contributed by atoms with Gasteiger partial charge in [-0.15, -0.1) is 0 Å². The Labute approximate surface area is 68.3 Å². The minimum absolute atomic E-state index is 0.168. The van der Waals surface area contributed by atoms with Crippen molar-refractivity contribution in [2.75, 3.05) is 5.75 Å². The van der Waals surface area contributed by atoms with Crippen LogP contribution in [0.25, 0.3) is 0 Å². The molecule has 0 aliphatic rings. The second kappa shape index (κ2) is 4.08. The van der Waals surface area contributed by atoms with Crippen LogP contribution < -0.4 is 0 Å². The molecule has 0 bridgehead atoms. The molecule has 0 atom stereocenters. The minimum atomic E-state index is -4.25. The fourth-order valence-electron chi connectivity index (χ4n) is 0.610. The Morgan fingerprint density at radius 3 is 2.00 bits per heavy atom. The summed E-state index contributed by atoms with van der Waals surface area (Å²) in [5.74, 6) is -0.608. The molecule has 0 unspecified atom stereocenters. The zero-order chi connectivity index (χ0) is 9.83. The van der Waals surface area contributed by atoms with Gasteiger partial charge in [-0.1, -0.05) is 0 Å². The predicted octanol–water partition coefficient (Wildman–Crippen LogP) is 1.61. The smallest absolute Gasteiger partial charge is 0.286 e. The summed E-state index contributed by atoms with van der Waals surface area (Å²) in [5, 5.41) is 0. The molecule has 0 aromatic rings. The molecule has 0 fully saturated rings. The predicted molar refractivity (Wildman–Crippen MR) is 36.3 cm³/mol. The van der Waals surface area contributed by atoms with Gasteiger partial charge in [-0.3, -0.25) is 4.55 Å². The highest BCUT2D eigenvalue weighted by Crippen LogP contribution is 2.22. The number of alkyl halides is 3. The van der Waals surface area contributed by atoms with Crippen molar-refractivity contribution in [2.45, 2.75) is 25.4 Å². The van der Waals surface area contributed by atoms with Crippen molar-refractivity contribution in [2.24, 2.45) is 0 Å². The van der Waals surface area contributed by atoms with Gasteiger partial charge >= 0.3 is 6.18 Å². The van der Waals surface area contributed by atoms with Crippen molar-refractivity contribution in [3.63, 3.8) is 0 Å². The lowest BCUT2D eigenvalue weighted by Crippen LogP contribution is -2.09. The first-order valence-corrected chi connectivity index (χ1v) is 4.83. The normalized spacial score (nSPS) is 13.3. The molecule has 74 valence electrons. The second-order valence-electron chi connectivity index (χ2n) is 2.36. The van der Waals surface area contributed by atoms with Gasteiger partial charge in [0.15, 0.2) is 0 Å². The van der Waals surface area contributed by atoms with Crippen LogP contribution in [0.2, 0.25) is 0 Å². The Balaban J connectivity index is 3.48. The summed E-state index contributed by atoms with van der Waals surface area (Å²) in [4.78, 5) is 0. The molecule has 0 amide bonds. The van der Waals surface area contributed by atoms with Crippen LogP contribution in [0.5, 0.6) is 0 Å². The second-order valence-corrected chi connectivity index (χ2v) is 3.93. The molecule has 0 aliphatic heterocycles. The maximum atomic E-state index is 11.5. The Hall–Kier alpha value is -0.300. The summed E-state index contributed by atoms with van der Waals surface area (Å²) in [5.41, 5.74) is 0. The lowest BCUT2D eigenvalue weighted by molar-refractivity contribution is -0.135. The first-order valence-electron chi connectivity index (χ1n) is 3.23. The third-order valence-corrected chi connectivity index (χ3v) is 1.92. The van der Waals surface area contributed by atoms with Gasteiger partial charge in [0, 0.05) is 6.42 Å². The van der Waals surface area contributed by atoms with Crippen molar-refractivity contribution in [1.82, 2.24) is 0 Å². The van der Waals surface area contributed by atoms with Crippen LogP contribution in [0.1, 0.15) is 19.3 Å². The zero-order valence-corrected chi connectivity index (χ0v) is 6.95. The van der Waals surface area contributed by atoms with Crippen molar-refractivity contribution < 1.29 is 26.1 Å². The van der Waals surface area contributed by atoms with Gasteiger partial charge in [0.1, 0.15) is 0 Å². The van der Waals surface area contributed by atoms with Gasteiger partial charge in [-0.2, -0.15) is 21.6 Å². The summed E-state index contributed by atoms with van der Waals surface area (Å²) in [7, 11) is -4.11. The number of unbranched alkanes of at least 4 members (excludes halogenated alkanes) is 1. The summed E-state index contributed by atoms with van der Waals surface area (Å²) in [6, 6.07) is 0. The number of hydrogen-bond acceptors (Lipinski definition) is 2. The van der Waals surface area contributed by atoms with Crippen molar-refractivity contribution in [3.8, 4) is 0 Å². The molecule has 0 aromatic heterocycles. The van der Waals surface area contributed by atoms with Gasteiger partial charge in [-0.25, -0.2) is 0 Å². The highest BCUT2D eigenvalue weighted by atomic mass is 32.2. The molecule has 1 N–H and O–H groups in total. The lowest BCUT2D eigenvalue weighted by atomic mass is 10.2. The van der Waals surface area contributed by atoms with E-state index in [9.17, 15) is 21.6 Å². The third-order valence-electron chi connectivity index (χ3n) is 1.11. The molecule has 0 aromatic carbocycles. The molecule has 0 aliphatic carbocycles. The van der Waals surface area contributed by atoms with Crippen molar-refractivity contribution in [3.05, 3.63) is 0 Å². The van der Waals surface area contributed by atoms with E-state index < -0.39 is 28.5 Å². The summed E-state index contributed by atoms with van der Waals surface area (Å²) in [6.45, 7) is 0.